The van der Waals surface area contributed by atoms with Crippen molar-refractivity contribution in [2.75, 3.05) is 19.0 Å². The fourth-order valence-corrected chi connectivity index (χ4v) is 4.15. The summed E-state index contributed by atoms with van der Waals surface area (Å²) >= 11 is 1.13. The van der Waals surface area contributed by atoms with Crippen LogP contribution in [-0.2, 0) is 9.59 Å². The number of aromatic nitrogens is 1. The van der Waals surface area contributed by atoms with Gasteiger partial charge in [-0.25, -0.2) is 4.98 Å². The van der Waals surface area contributed by atoms with Gasteiger partial charge in [0.2, 0.25) is 0 Å². The van der Waals surface area contributed by atoms with E-state index in [2.05, 4.69) is 20.6 Å². The number of aliphatic imine (C=N–C) groups is 1. The van der Waals surface area contributed by atoms with Crippen molar-refractivity contribution in [3.05, 3.63) is 41.0 Å². The van der Waals surface area contributed by atoms with Crippen LogP contribution in [0.2, 0.25) is 0 Å². The van der Waals surface area contributed by atoms with Crippen molar-refractivity contribution < 1.29 is 34.4 Å². The molecule has 0 saturated heterocycles. The van der Waals surface area contributed by atoms with Crippen molar-refractivity contribution in [2.45, 2.75) is 32.8 Å². The number of ether oxygens (including phenoxy) is 1. The highest BCUT2D eigenvalue weighted by Gasteiger charge is 2.30. The van der Waals surface area contributed by atoms with Crippen LogP contribution in [0.25, 0.3) is 10.6 Å². The molecule has 0 atom stereocenters. The van der Waals surface area contributed by atoms with E-state index in [1.807, 2.05) is 13.8 Å². The number of anilines is 1. The van der Waals surface area contributed by atoms with Crippen molar-refractivity contribution in [3.8, 4) is 16.3 Å². The fourth-order valence-electron chi connectivity index (χ4n) is 3.29. The molecule has 1 aromatic carbocycles. The van der Waals surface area contributed by atoms with Gasteiger partial charge in [0.15, 0.2) is 5.75 Å². The first-order chi connectivity index (χ1) is 18.8. The van der Waals surface area contributed by atoms with Gasteiger partial charge in [-0.2, -0.15) is 4.99 Å². The molecule has 0 bridgehead atoms. The van der Waals surface area contributed by atoms with Gasteiger partial charge in [0.05, 0.1) is 30.3 Å². The van der Waals surface area contributed by atoms with Gasteiger partial charge in [0.1, 0.15) is 21.4 Å². The third-order valence-corrected chi connectivity index (χ3v) is 6.38. The zero-order chi connectivity index (χ0) is 29.6. The first kappa shape index (κ1) is 30.4. The second kappa shape index (κ2) is 12.8. The fraction of sp³-hybridized carbons (Fsp3) is 0.360. The lowest BCUT2D eigenvalue weighted by molar-refractivity contribution is -0.325. The van der Waals surface area contributed by atoms with E-state index in [9.17, 15) is 14.4 Å². The van der Waals surface area contributed by atoms with Crippen LogP contribution >= 0.6 is 11.3 Å². The molecule has 1 fully saturated rings. The van der Waals surface area contributed by atoms with Crippen LogP contribution < -0.4 is 26.4 Å². The Hall–Kier alpha value is -4.18. The molecule has 40 heavy (non-hydrogen) atoms. The Morgan fingerprint density at radius 1 is 1.30 bits per heavy atom. The van der Waals surface area contributed by atoms with Gasteiger partial charge in [0, 0.05) is 18.5 Å². The van der Waals surface area contributed by atoms with Gasteiger partial charge < -0.3 is 36.4 Å². The van der Waals surface area contributed by atoms with Crippen molar-refractivity contribution in [2.24, 2.45) is 22.6 Å². The largest absolute Gasteiger partial charge is 0.494 e. The number of methoxy groups -OCH3 is 1. The summed E-state index contributed by atoms with van der Waals surface area (Å²) < 4.78 is 5.58. The summed E-state index contributed by atoms with van der Waals surface area (Å²) in [6.45, 7) is 4.46. The van der Waals surface area contributed by atoms with E-state index in [0.717, 1.165) is 17.4 Å². The molecule has 2 aromatic rings. The molecule has 14 nitrogen and oxygen atoms in total. The lowest BCUT2D eigenvalue weighted by Crippen LogP contribution is -2.51. The quantitative estimate of drug-likeness (QED) is 0.0996. The van der Waals surface area contributed by atoms with E-state index in [4.69, 9.17) is 31.2 Å². The summed E-state index contributed by atoms with van der Waals surface area (Å²) in [6, 6.07) is 4.89. The number of amidine groups is 1. The number of hydrogen-bond acceptors (Lipinski definition) is 11. The van der Waals surface area contributed by atoms with Gasteiger partial charge in [-0.15, -0.1) is 11.3 Å². The van der Waals surface area contributed by atoms with Crippen molar-refractivity contribution in [3.63, 3.8) is 0 Å². The average Bonchev–Trinajstić information content (AvgIpc) is 3.61. The molecule has 1 aliphatic rings. The van der Waals surface area contributed by atoms with E-state index in [0.29, 0.717) is 34.8 Å². The zero-order valence-electron chi connectivity index (χ0n) is 22.0. The molecule has 1 aliphatic carbocycles. The van der Waals surface area contributed by atoms with Gasteiger partial charge in [-0.3, -0.25) is 25.1 Å². The average molecular weight is 574 g/mol. The lowest BCUT2D eigenvalue weighted by atomic mass is 10.1. The second-order valence-corrected chi connectivity index (χ2v) is 10.3. The molecule has 9 N–H and O–H groups in total. The van der Waals surface area contributed by atoms with Crippen LogP contribution in [0.1, 0.15) is 36.4 Å². The molecular weight excluding hydrogens is 542 g/mol. The highest BCUT2D eigenvalue weighted by Crippen LogP contribution is 2.39. The van der Waals surface area contributed by atoms with Crippen molar-refractivity contribution in [1.82, 2.24) is 15.6 Å². The minimum Gasteiger partial charge on any atom is -0.494 e. The van der Waals surface area contributed by atoms with Crippen LogP contribution in [0.15, 0.2) is 41.2 Å². The first-order valence-electron chi connectivity index (χ1n) is 12.2. The molecule has 15 heteroatoms. The molecule has 214 valence electrons. The van der Waals surface area contributed by atoms with Crippen LogP contribution in [0.5, 0.6) is 5.75 Å². The maximum atomic E-state index is 12.5. The number of carbonyl (C=O) groups excluding carboxylic acids is 3. The van der Waals surface area contributed by atoms with Crippen LogP contribution in [0.3, 0.4) is 0 Å². The van der Waals surface area contributed by atoms with Crippen LogP contribution in [0.4, 0.5) is 5.69 Å². The summed E-state index contributed by atoms with van der Waals surface area (Å²) in [6.07, 6.45) is 0.284. The Morgan fingerprint density at radius 3 is 2.60 bits per heavy atom. The number of benzene rings is 1. The monoisotopic (exact) mass is 573 g/mol. The Bertz CT molecular complexity index is 1360. The van der Waals surface area contributed by atoms with Crippen molar-refractivity contribution in [1.29, 1.82) is 5.41 Å². The van der Waals surface area contributed by atoms with Gasteiger partial charge >= 0.3 is 6.10 Å². The normalized spacial score (nSPS) is 14.1. The minimum absolute atomic E-state index is 0.225. The summed E-state index contributed by atoms with van der Waals surface area (Å²) in [5, 5.41) is 43.1. The molecule has 0 radical (unpaired) electrons. The summed E-state index contributed by atoms with van der Waals surface area (Å²) in [5.41, 5.74) is 5.41. The molecule has 3 rings (SSSR count). The predicted molar refractivity (Wildman–Crippen MR) is 148 cm³/mol. The van der Waals surface area contributed by atoms with Crippen molar-refractivity contribution >= 4 is 46.3 Å². The molecule has 0 aliphatic heterocycles. The number of nitrogens with zero attached hydrogens (tertiary/aromatic N) is 2. The first-order valence-corrected chi connectivity index (χ1v) is 13.0. The lowest BCUT2D eigenvalue weighted by Gasteiger charge is -2.19. The topological polar surface area (TPSA) is 232 Å². The summed E-state index contributed by atoms with van der Waals surface area (Å²) in [5.74, 6) is -2.13. The van der Waals surface area contributed by atoms with E-state index >= 15 is 0 Å². The zero-order valence-corrected chi connectivity index (χ0v) is 22.8. The number of hydrogen-bond donors (Lipinski definition) is 8. The second-order valence-electron chi connectivity index (χ2n) is 9.32. The third-order valence-electron chi connectivity index (χ3n) is 5.35. The van der Waals surface area contributed by atoms with E-state index in [1.54, 1.807) is 18.2 Å². The third kappa shape index (κ3) is 8.41. The highest BCUT2D eigenvalue weighted by atomic mass is 32.1. The molecule has 1 saturated carbocycles. The number of rotatable bonds is 12. The van der Waals surface area contributed by atoms with Gasteiger partial charge in [-0.05, 0) is 30.9 Å². The van der Waals surface area contributed by atoms with Gasteiger partial charge in [-0.1, -0.05) is 19.9 Å². The maximum Gasteiger partial charge on any atom is 0.369 e. The minimum atomic E-state index is -3.59. The summed E-state index contributed by atoms with van der Waals surface area (Å²) in [4.78, 5) is 45.4. The van der Waals surface area contributed by atoms with Crippen LogP contribution in [0, 0.1) is 17.2 Å². The number of aliphatic hydroxyl groups is 3. The Labute approximate surface area is 233 Å². The highest BCUT2D eigenvalue weighted by molar-refractivity contribution is 7.17. The van der Waals surface area contributed by atoms with Crippen LogP contribution in [-0.4, -0.2) is 69.3 Å². The number of para-hydroxylation sites is 1. The molecule has 0 spiro atoms. The maximum absolute atomic E-state index is 12.5. The number of nitrogens with one attached hydrogen (secondary N) is 4. The Morgan fingerprint density at radius 2 is 2.00 bits per heavy atom. The Kier molecular flexibility index (Phi) is 9.70. The molecule has 1 heterocycles. The Balaban J connectivity index is 1.96. The number of carbonyl (C=O) groups is 3. The molecule has 1 aromatic heterocycles. The van der Waals surface area contributed by atoms with E-state index < -0.39 is 23.6 Å². The SMILES string of the molecule is COc1c(N/C(=C/C(N)=NC(=O)C2CC2)C(=N)C(=O)NC(O)(O)O)cccc1-c1ncc(C(=O)NCC(C)C)s1. The standard InChI is InChI=1S/C25H31N7O7S/c1-12(2)10-28-22(34)17-11-29-24(40-17)14-5-4-6-15(20(14)39-3)30-16(19(27)23(35)32-25(36,37)38)9-18(26)31-21(33)13-7-8-13/h4-6,9,11-13,27,30,36-38H,7-8,10H2,1-3H3,(H,28,34)(H,32,35)(H2,26,31,33)/b16-9+,27-19?. The predicted octanol–water partition coefficient (Wildman–Crippen LogP) is 0.518. The molecular formula is C25H31N7O7S. The van der Waals surface area contributed by atoms with Gasteiger partial charge in [0.25, 0.3) is 17.7 Å². The molecule has 3 amide bonds. The number of amides is 3. The van der Waals surface area contributed by atoms with E-state index in [1.165, 1.54) is 18.6 Å². The van der Waals surface area contributed by atoms with E-state index in [-0.39, 0.29) is 40.7 Å². The smallest absolute Gasteiger partial charge is 0.369 e. The summed E-state index contributed by atoms with van der Waals surface area (Å²) in [7, 11) is 1.39. The number of nitrogens with two attached hydrogens (primary N) is 1. The number of thiazole rings is 1. The molecule has 0 unspecified atom stereocenters.